The van der Waals surface area contributed by atoms with Crippen LogP contribution in [0.1, 0.15) is 54.3 Å². The van der Waals surface area contributed by atoms with Gasteiger partial charge in [-0.3, -0.25) is 19.2 Å². The number of hydrogen-bond acceptors (Lipinski definition) is 8. The van der Waals surface area contributed by atoms with Crippen molar-refractivity contribution in [3.8, 4) is 0 Å². The van der Waals surface area contributed by atoms with Gasteiger partial charge >= 0.3 is 11.9 Å². The fourth-order valence-electron chi connectivity index (χ4n) is 2.11. The molecule has 0 saturated carbocycles. The van der Waals surface area contributed by atoms with Crippen LogP contribution in [-0.4, -0.2) is 47.2 Å². The maximum atomic E-state index is 12.3. The van der Waals surface area contributed by atoms with E-state index in [0.29, 0.717) is 0 Å². The number of carbonyl (C=O) groups excluding carboxylic acids is 6. The molecule has 0 amide bonds. The fourth-order valence-corrected chi connectivity index (χ4v) is 2.42. The van der Waals surface area contributed by atoms with Crippen molar-refractivity contribution in [2.45, 2.75) is 12.8 Å². The molecule has 1 rings (SSSR count). The highest BCUT2D eigenvalue weighted by Gasteiger charge is 2.26. The predicted octanol–water partition coefficient (Wildman–Crippen LogP) is 3.05. The van der Waals surface area contributed by atoms with Crippen molar-refractivity contribution in [3.05, 3.63) is 59.7 Å². The molecule has 1 aromatic rings. The summed E-state index contributed by atoms with van der Waals surface area (Å²) in [6.45, 7) is 5.92. The molecule has 0 bridgehead atoms. The number of esters is 2. The Hall–Kier alpha value is -3.10. The summed E-state index contributed by atoms with van der Waals surface area (Å²) in [5, 5.41) is -2.23. The summed E-state index contributed by atoms with van der Waals surface area (Å²) in [6.07, 6.45) is 1.81. The largest absolute Gasteiger partial charge is 0.462 e. The summed E-state index contributed by atoms with van der Waals surface area (Å²) in [4.78, 5) is 70.5. The van der Waals surface area contributed by atoms with Crippen LogP contribution in [0, 0.1) is 0 Å². The molecule has 0 atom stereocenters. The monoisotopic (exact) mass is 454 g/mol. The average Bonchev–Trinajstić information content (AvgIpc) is 2.71. The number of carbonyl (C=O) groups is 6. The molecule has 0 fully saturated rings. The molecule has 0 aliphatic carbocycles. The highest BCUT2D eigenvalue weighted by Crippen LogP contribution is 2.23. The van der Waals surface area contributed by atoms with Gasteiger partial charge in [0, 0.05) is 24.0 Å². The molecular weight excluding hydrogens is 439 g/mol. The van der Waals surface area contributed by atoms with Gasteiger partial charge in [-0.15, -0.1) is 0 Å². The number of rotatable bonds is 12. The zero-order valence-electron chi connectivity index (χ0n) is 15.6. The number of ether oxygens (including phenoxy) is 2. The minimum Gasteiger partial charge on any atom is -0.462 e. The van der Waals surface area contributed by atoms with E-state index in [2.05, 4.69) is 13.2 Å². The van der Waals surface area contributed by atoms with Crippen molar-refractivity contribution in [2.24, 2.45) is 0 Å². The highest BCUT2D eigenvalue weighted by atomic mass is 35.5. The van der Waals surface area contributed by atoms with E-state index in [-0.39, 0.29) is 37.6 Å². The molecule has 0 radical (unpaired) electrons. The van der Waals surface area contributed by atoms with E-state index in [1.807, 2.05) is 0 Å². The summed E-state index contributed by atoms with van der Waals surface area (Å²) < 4.78 is 9.79. The molecular formula is C20H16Cl2O8. The molecule has 8 nitrogen and oxygen atoms in total. The average molecular weight is 455 g/mol. The Morgan fingerprint density at radius 2 is 1.03 bits per heavy atom. The molecule has 1 aromatic carbocycles. The molecule has 10 heteroatoms. The summed E-state index contributed by atoms with van der Waals surface area (Å²) in [6, 6.07) is 1.74. The second-order valence-corrected chi connectivity index (χ2v) is 6.29. The van der Waals surface area contributed by atoms with Gasteiger partial charge in [0.1, 0.15) is 0 Å². The van der Waals surface area contributed by atoms with E-state index in [1.54, 1.807) is 0 Å². The maximum absolute atomic E-state index is 12.3. The normalized spacial score (nSPS) is 9.93. The van der Waals surface area contributed by atoms with Gasteiger partial charge in [-0.1, -0.05) is 13.2 Å². The van der Waals surface area contributed by atoms with Gasteiger partial charge in [0.15, 0.2) is 11.6 Å². The molecule has 0 N–H and O–H groups in total. The minimum atomic E-state index is -1.12. The standard InChI is InChI=1S/C20H16Cl2O8/c1-3-11(23)5-7-29-19(27)15-9-14(18(22)26)16(10-13(15)17(21)25)20(28)30-8-6-12(24)4-2/h3-4,9-10H,1-2,5-8H2. The molecule has 0 aliphatic rings. The van der Waals surface area contributed by atoms with E-state index in [0.717, 1.165) is 24.3 Å². The SMILES string of the molecule is C=CC(=O)CCOC(=O)c1cc(C(=O)Cl)c(C(=O)OCCC(=O)C=C)cc1C(=O)Cl. The smallest absolute Gasteiger partial charge is 0.338 e. The first kappa shape index (κ1) is 24.9. The zero-order valence-corrected chi connectivity index (χ0v) is 17.1. The first-order valence-corrected chi connectivity index (χ1v) is 9.10. The van der Waals surface area contributed by atoms with Crippen molar-refractivity contribution in [2.75, 3.05) is 13.2 Å². The van der Waals surface area contributed by atoms with Crippen LogP contribution in [0.15, 0.2) is 37.4 Å². The molecule has 0 heterocycles. The van der Waals surface area contributed by atoms with Crippen molar-refractivity contribution >= 4 is 57.2 Å². The van der Waals surface area contributed by atoms with Gasteiger partial charge in [0.2, 0.25) is 0 Å². The summed E-state index contributed by atoms with van der Waals surface area (Å²) >= 11 is 11.0. The summed E-state index contributed by atoms with van der Waals surface area (Å²) in [7, 11) is 0. The Morgan fingerprint density at radius 3 is 1.30 bits per heavy atom. The predicted molar refractivity (Wildman–Crippen MR) is 107 cm³/mol. The van der Waals surface area contributed by atoms with Gasteiger partial charge in [0.25, 0.3) is 10.5 Å². The van der Waals surface area contributed by atoms with Crippen molar-refractivity contribution in [1.82, 2.24) is 0 Å². The number of allylic oxidation sites excluding steroid dienone is 2. The molecule has 0 aromatic heterocycles. The number of benzene rings is 1. The summed E-state index contributed by atoms with van der Waals surface area (Å²) in [5.41, 5.74) is -1.73. The molecule has 0 spiro atoms. The van der Waals surface area contributed by atoms with Crippen LogP contribution >= 0.6 is 23.2 Å². The lowest BCUT2D eigenvalue weighted by Crippen LogP contribution is -2.18. The number of halogens is 2. The lowest BCUT2D eigenvalue weighted by molar-refractivity contribution is -0.116. The van der Waals surface area contributed by atoms with Crippen LogP contribution < -0.4 is 0 Å². The lowest BCUT2D eigenvalue weighted by atomic mass is 9.99. The molecule has 0 aliphatic heterocycles. The quantitative estimate of drug-likeness (QED) is 0.268. The third kappa shape index (κ3) is 7.06. The Balaban J connectivity index is 3.22. The Bertz CT molecular complexity index is 857. The van der Waals surface area contributed by atoms with E-state index in [4.69, 9.17) is 32.7 Å². The van der Waals surface area contributed by atoms with E-state index in [9.17, 15) is 28.8 Å². The maximum Gasteiger partial charge on any atom is 0.338 e. The Kier molecular flexibility index (Phi) is 9.80. The van der Waals surface area contributed by atoms with E-state index >= 15 is 0 Å². The molecule has 0 unspecified atom stereocenters. The molecule has 158 valence electrons. The van der Waals surface area contributed by atoms with Gasteiger partial charge in [0.05, 0.1) is 24.3 Å². The first-order valence-electron chi connectivity index (χ1n) is 8.34. The van der Waals surface area contributed by atoms with Gasteiger partial charge in [-0.05, 0) is 47.5 Å². The molecule has 0 saturated heterocycles. The lowest BCUT2D eigenvalue weighted by Gasteiger charge is -2.12. The van der Waals surface area contributed by atoms with Crippen LogP contribution in [-0.2, 0) is 19.1 Å². The fraction of sp³-hybridized carbons (Fsp3) is 0.200. The van der Waals surface area contributed by atoms with Crippen LogP contribution in [0.3, 0.4) is 0 Å². The first-order chi connectivity index (χ1) is 14.1. The molecule has 30 heavy (non-hydrogen) atoms. The highest BCUT2D eigenvalue weighted by molar-refractivity contribution is 6.69. The second-order valence-electron chi connectivity index (χ2n) is 5.60. The van der Waals surface area contributed by atoms with Crippen LogP contribution in [0.25, 0.3) is 0 Å². The number of ketones is 2. The van der Waals surface area contributed by atoms with Gasteiger partial charge < -0.3 is 9.47 Å². The van der Waals surface area contributed by atoms with Crippen LogP contribution in [0.5, 0.6) is 0 Å². The zero-order chi connectivity index (χ0) is 22.8. The van der Waals surface area contributed by atoms with Gasteiger partial charge in [-0.2, -0.15) is 0 Å². The minimum absolute atomic E-state index is 0.144. The van der Waals surface area contributed by atoms with Crippen LogP contribution in [0.4, 0.5) is 0 Å². The topological polar surface area (TPSA) is 121 Å². The van der Waals surface area contributed by atoms with Crippen molar-refractivity contribution < 1.29 is 38.2 Å². The van der Waals surface area contributed by atoms with E-state index < -0.39 is 44.7 Å². The van der Waals surface area contributed by atoms with E-state index in [1.165, 1.54) is 0 Å². The van der Waals surface area contributed by atoms with Crippen molar-refractivity contribution in [1.29, 1.82) is 0 Å². The third-order valence-corrected chi connectivity index (χ3v) is 4.05. The Morgan fingerprint density at radius 1 is 0.700 bits per heavy atom. The summed E-state index contributed by atoms with van der Waals surface area (Å²) in [5.74, 6) is -2.87. The number of hydrogen-bond donors (Lipinski definition) is 0. The third-order valence-electron chi connectivity index (χ3n) is 3.64. The Labute approximate surface area is 181 Å². The second kappa shape index (κ2) is 11.8. The van der Waals surface area contributed by atoms with Crippen LogP contribution in [0.2, 0.25) is 0 Å². The van der Waals surface area contributed by atoms with Gasteiger partial charge in [-0.25, -0.2) is 9.59 Å². The van der Waals surface area contributed by atoms with Crippen molar-refractivity contribution in [3.63, 3.8) is 0 Å².